The Morgan fingerprint density at radius 2 is 1.86 bits per heavy atom. The Morgan fingerprint density at radius 3 is 2.67 bits per heavy atom. The predicted molar refractivity (Wildman–Crippen MR) is 88.3 cm³/mol. The monoisotopic (exact) mass is 302 g/mol. The number of nitrogens with zero attached hydrogens (tertiary/aromatic N) is 1. The highest BCUT2D eigenvalue weighted by molar-refractivity contribution is 7.80. The number of nitrogens with two attached hydrogens (primary N) is 1. The van der Waals surface area contributed by atoms with Gasteiger partial charge in [-0.1, -0.05) is 37.2 Å². The van der Waals surface area contributed by atoms with E-state index in [9.17, 15) is 4.79 Å². The van der Waals surface area contributed by atoms with E-state index in [4.69, 9.17) is 18.0 Å². The number of thiocarbonyl (C=S) groups is 1. The summed E-state index contributed by atoms with van der Waals surface area (Å²) in [4.78, 5) is 15.3. The van der Waals surface area contributed by atoms with Gasteiger partial charge in [-0.25, -0.2) is 0 Å². The number of amides is 1. The summed E-state index contributed by atoms with van der Waals surface area (Å²) in [6, 6.07) is 7.87. The molecule has 2 fully saturated rings. The first-order chi connectivity index (χ1) is 10.2. The maximum absolute atomic E-state index is 12.9. The summed E-state index contributed by atoms with van der Waals surface area (Å²) in [6.45, 7) is 0.886. The second kappa shape index (κ2) is 6.14. The summed E-state index contributed by atoms with van der Waals surface area (Å²) in [7, 11) is 0. The van der Waals surface area contributed by atoms with Gasteiger partial charge in [-0.05, 0) is 43.7 Å². The van der Waals surface area contributed by atoms with Crippen molar-refractivity contribution in [1.82, 2.24) is 4.90 Å². The molecule has 1 aromatic carbocycles. The van der Waals surface area contributed by atoms with Gasteiger partial charge in [-0.2, -0.15) is 0 Å². The fourth-order valence-electron chi connectivity index (χ4n) is 3.85. The van der Waals surface area contributed by atoms with Gasteiger partial charge >= 0.3 is 0 Å². The molecule has 3 nitrogen and oxygen atoms in total. The Bertz CT molecular complexity index is 555. The molecular formula is C17H22N2OS. The Hall–Kier alpha value is -1.42. The zero-order chi connectivity index (χ0) is 14.8. The van der Waals surface area contributed by atoms with Gasteiger partial charge in [0.1, 0.15) is 4.99 Å². The minimum atomic E-state index is 0.143. The smallest absolute Gasteiger partial charge is 0.254 e. The molecule has 0 spiro atoms. The van der Waals surface area contributed by atoms with Crippen LogP contribution in [0.1, 0.15) is 54.4 Å². The third kappa shape index (κ3) is 2.95. The molecule has 1 amide bonds. The Morgan fingerprint density at radius 1 is 1.14 bits per heavy atom. The molecule has 2 atom stereocenters. The van der Waals surface area contributed by atoms with E-state index >= 15 is 0 Å². The lowest BCUT2D eigenvalue weighted by Crippen LogP contribution is -2.49. The first-order valence-corrected chi connectivity index (χ1v) is 8.28. The van der Waals surface area contributed by atoms with Crippen LogP contribution in [0.5, 0.6) is 0 Å². The van der Waals surface area contributed by atoms with Crippen molar-refractivity contribution in [3.8, 4) is 0 Å². The largest absolute Gasteiger partial charge is 0.389 e. The number of likely N-dealkylation sites (tertiary alicyclic amines) is 1. The quantitative estimate of drug-likeness (QED) is 0.854. The molecule has 2 aliphatic rings. The third-order valence-corrected chi connectivity index (χ3v) is 5.13. The molecule has 2 N–H and O–H groups in total. The first-order valence-electron chi connectivity index (χ1n) is 7.87. The van der Waals surface area contributed by atoms with Crippen LogP contribution in [0.3, 0.4) is 0 Å². The number of carbonyl (C=O) groups excluding carboxylic acids is 1. The van der Waals surface area contributed by atoms with Gasteiger partial charge in [-0.15, -0.1) is 0 Å². The number of benzene rings is 1. The fourth-order valence-corrected chi connectivity index (χ4v) is 3.98. The van der Waals surface area contributed by atoms with Crippen molar-refractivity contribution in [2.45, 2.75) is 44.6 Å². The summed E-state index contributed by atoms with van der Waals surface area (Å²) in [5.74, 6) is 0.847. The Kier molecular flexibility index (Phi) is 4.24. The highest BCUT2D eigenvalue weighted by Crippen LogP contribution is 2.35. The van der Waals surface area contributed by atoms with Crippen LogP contribution in [0.4, 0.5) is 0 Å². The van der Waals surface area contributed by atoms with Gasteiger partial charge in [0.05, 0.1) is 0 Å². The van der Waals surface area contributed by atoms with Crippen molar-refractivity contribution in [2.75, 3.05) is 6.54 Å². The molecule has 1 aliphatic carbocycles. The van der Waals surface area contributed by atoms with Gasteiger partial charge in [-0.3, -0.25) is 4.79 Å². The summed E-state index contributed by atoms with van der Waals surface area (Å²) < 4.78 is 0. The van der Waals surface area contributed by atoms with Crippen molar-refractivity contribution < 1.29 is 4.79 Å². The maximum Gasteiger partial charge on any atom is 0.254 e. The summed E-state index contributed by atoms with van der Waals surface area (Å²) in [6.07, 6.45) is 7.41. The van der Waals surface area contributed by atoms with Gasteiger partial charge in [0, 0.05) is 23.7 Å². The molecule has 112 valence electrons. The molecule has 1 saturated heterocycles. The van der Waals surface area contributed by atoms with Crippen molar-refractivity contribution in [3.63, 3.8) is 0 Å². The number of carbonyl (C=O) groups is 1. The number of rotatable bonds is 2. The second-order valence-corrected chi connectivity index (χ2v) is 6.64. The molecule has 21 heavy (non-hydrogen) atoms. The lowest BCUT2D eigenvalue weighted by Gasteiger charge is -2.44. The predicted octanol–water partition coefficient (Wildman–Crippen LogP) is 3.12. The second-order valence-electron chi connectivity index (χ2n) is 6.20. The Balaban J connectivity index is 1.83. The average molecular weight is 302 g/mol. The van der Waals surface area contributed by atoms with Crippen LogP contribution in [0.25, 0.3) is 0 Å². The van der Waals surface area contributed by atoms with Crippen LogP contribution < -0.4 is 5.73 Å². The topological polar surface area (TPSA) is 46.3 Å². The van der Waals surface area contributed by atoms with E-state index in [0.717, 1.165) is 24.9 Å². The number of hydrogen-bond acceptors (Lipinski definition) is 2. The molecule has 0 aromatic heterocycles. The van der Waals surface area contributed by atoms with E-state index in [1.54, 1.807) is 0 Å². The van der Waals surface area contributed by atoms with Crippen LogP contribution >= 0.6 is 12.2 Å². The molecule has 2 unspecified atom stereocenters. The minimum absolute atomic E-state index is 0.143. The highest BCUT2D eigenvalue weighted by atomic mass is 32.1. The zero-order valence-corrected chi connectivity index (χ0v) is 13.1. The van der Waals surface area contributed by atoms with E-state index in [0.29, 0.717) is 22.5 Å². The van der Waals surface area contributed by atoms with E-state index < -0.39 is 0 Å². The van der Waals surface area contributed by atoms with Gasteiger partial charge < -0.3 is 10.6 Å². The normalized spacial score (nSPS) is 25.2. The molecule has 0 bridgehead atoms. The van der Waals surface area contributed by atoms with Crippen molar-refractivity contribution >= 4 is 23.1 Å². The lowest BCUT2D eigenvalue weighted by molar-refractivity contribution is 0.0390. The fraction of sp³-hybridized carbons (Fsp3) is 0.529. The van der Waals surface area contributed by atoms with Crippen molar-refractivity contribution in [1.29, 1.82) is 0 Å². The summed E-state index contributed by atoms with van der Waals surface area (Å²) >= 11 is 5.01. The van der Waals surface area contributed by atoms with Crippen LogP contribution in [-0.4, -0.2) is 28.4 Å². The molecule has 3 rings (SSSR count). The molecule has 1 aliphatic heterocycles. The molecule has 0 radical (unpaired) electrons. The molecule has 1 saturated carbocycles. The number of fused-ring (bicyclic) bond motifs is 1. The van der Waals surface area contributed by atoms with Crippen LogP contribution in [0.15, 0.2) is 24.3 Å². The van der Waals surface area contributed by atoms with Crippen LogP contribution in [-0.2, 0) is 0 Å². The Labute approximate surface area is 131 Å². The molecule has 4 heteroatoms. The van der Waals surface area contributed by atoms with Crippen LogP contribution in [0.2, 0.25) is 0 Å². The number of piperidine rings is 1. The molecular weight excluding hydrogens is 280 g/mol. The molecule has 1 heterocycles. The van der Waals surface area contributed by atoms with Gasteiger partial charge in [0.15, 0.2) is 0 Å². The highest BCUT2D eigenvalue weighted by Gasteiger charge is 2.35. The maximum atomic E-state index is 12.9. The standard InChI is InChI=1S/C17H22N2OS/c18-16(21)13-6-3-7-14(11-13)17(20)19-10-4-8-12-5-1-2-9-15(12)19/h3,6-7,11-12,15H,1-2,4-5,8-10H2,(H2,18,21). The molecule has 1 aromatic rings. The van der Waals surface area contributed by atoms with Gasteiger partial charge in [0.25, 0.3) is 5.91 Å². The number of hydrogen-bond donors (Lipinski definition) is 1. The van der Waals surface area contributed by atoms with E-state index in [1.807, 2.05) is 24.3 Å². The first kappa shape index (κ1) is 14.5. The average Bonchev–Trinajstić information content (AvgIpc) is 2.53. The van der Waals surface area contributed by atoms with Gasteiger partial charge in [0.2, 0.25) is 0 Å². The zero-order valence-electron chi connectivity index (χ0n) is 12.3. The van der Waals surface area contributed by atoms with Crippen molar-refractivity contribution in [2.24, 2.45) is 11.7 Å². The SMILES string of the molecule is NC(=S)c1cccc(C(=O)N2CCCC3CCCCC32)c1. The van der Waals surface area contributed by atoms with E-state index in [-0.39, 0.29) is 5.91 Å². The minimum Gasteiger partial charge on any atom is -0.389 e. The lowest BCUT2D eigenvalue weighted by atomic mass is 9.78. The van der Waals surface area contributed by atoms with Crippen molar-refractivity contribution in [3.05, 3.63) is 35.4 Å². The van der Waals surface area contributed by atoms with E-state index in [1.165, 1.54) is 25.7 Å². The third-order valence-electron chi connectivity index (χ3n) is 4.90. The summed E-state index contributed by atoms with van der Waals surface area (Å²) in [5, 5.41) is 0. The van der Waals surface area contributed by atoms with Crippen LogP contribution in [0, 0.1) is 5.92 Å². The van der Waals surface area contributed by atoms with E-state index in [2.05, 4.69) is 4.90 Å². The summed E-state index contributed by atoms with van der Waals surface area (Å²) in [5.41, 5.74) is 7.16.